The van der Waals surface area contributed by atoms with Gasteiger partial charge in [-0.2, -0.15) is 0 Å². The number of aliphatic hydroxyl groups excluding tert-OH is 1. The first kappa shape index (κ1) is 32.6. The first-order valence-corrected chi connectivity index (χ1v) is 15.5. The van der Waals surface area contributed by atoms with E-state index in [1.807, 2.05) is 84.9 Å². The maximum atomic E-state index is 14.0. The minimum atomic E-state index is -1.91. The van der Waals surface area contributed by atoms with E-state index in [1.54, 1.807) is 42.2 Å². The molecule has 0 aliphatic carbocycles. The number of aliphatic hydroxyl groups is 2. The fourth-order valence-corrected chi connectivity index (χ4v) is 5.91. The number of fused-ring (bicyclic) bond motifs is 1. The lowest BCUT2D eigenvalue weighted by Crippen LogP contribution is -2.44. The molecule has 1 aliphatic heterocycles. The summed E-state index contributed by atoms with van der Waals surface area (Å²) in [6.45, 7) is 2.32. The van der Waals surface area contributed by atoms with Crippen molar-refractivity contribution in [3.8, 4) is 0 Å². The fraction of sp³-hybridized carbons (Fsp3) is 0.216. The molecule has 1 aliphatic rings. The van der Waals surface area contributed by atoms with Gasteiger partial charge >= 0.3 is 0 Å². The summed E-state index contributed by atoms with van der Waals surface area (Å²) >= 11 is 6.34. The fourth-order valence-electron chi connectivity index (χ4n) is 5.74. The van der Waals surface area contributed by atoms with E-state index in [4.69, 9.17) is 11.6 Å². The summed E-state index contributed by atoms with van der Waals surface area (Å²) in [5, 5.41) is 21.9. The molecule has 0 bridgehead atoms. The summed E-state index contributed by atoms with van der Waals surface area (Å²) < 4.78 is 0. The van der Waals surface area contributed by atoms with Crippen LogP contribution in [0.25, 0.3) is 0 Å². The molecule has 0 unspecified atom stereocenters. The van der Waals surface area contributed by atoms with E-state index >= 15 is 0 Å². The first-order chi connectivity index (χ1) is 22.3. The number of halogens is 1. The van der Waals surface area contributed by atoms with Gasteiger partial charge in [-0.1, -0.05) is 91.3 Å². The zero-order valence-corrected chi connectivity index (χ0v) is 26.3. The van der Waals surface area contributed by atoms with Gasteiger partial charge in [-0.05, 0) is 53.6 Å². The highest BCUT2D eigenvalue weighted by molar-refractivity contribution is 6.31. The number of nitrogens with zero attached hydrogens (tertiary/aromatic N) is 3. The van der Waals surface area contributed by atoms with Crippen LogP contribution in [0.3, 0.4) is 0 Å². The minimum absolute atomic E-state index is 0.0424. The second-order valence-electron chi connectivity index (χ2n) is 11.2. The zero-order chi connectivity index (χ0) is 32.7. The number of amides is 3. The van der Waals surface area contributed by atoms with Gasteiger partial charge in [-0.15, -0.1) is 0 Å². The number of benzene rings is 4. The van der Waals surface area contributed by atoms with Crippen LogP contribution in [-0.2, 0) is 33.1 Å². The van der Waals surface area contributed by atoms with E-state index in [0.717, 1.165) is 23.2 Å². The predicted molar refractivity (Wildman–Crippen MR) is 179 cm³/mol. The van der Waals surface area contributed by atoms with E-state index in [1.165, 1.54) is 9.80 Å². The number of hydrogen-bond acceptors (Lipinski definition) is 5. The summed E-state index contributed by atoms with van der Waals surface area (Å²) in [4.78, 5) is 43.5. The average molecular weight is 638 g/mol. The summed E-state index contributed by atoms with van der Waals surface area (Å²) in [5.41, 5.74) is 2.20. The molecular formula is C37H36ClN3O5. The number of anilines is 3. The first-order valence-electron chi connectivity index (χ1n) is 15.1. The Balaban J connectivity index is 1.32. The van der Waals surface area contributed by atoms with E-state index in [2.05, 4.69) is 0 Å². The van der Waals surface area contributed by atoms with Crippen LogP contribution in [0.1, 0.15) is 30.0 Å². The molecule has 2 N–H and O–H groups in total. The van der Waals surface area contributed by atoms with E-state index in [-0.39, 0.29) is 32.0 Å². The Hall–Kier alpha value is -4.76. The third kappa shape index (κ3) is 6.89. The minimum Gasteiger partial charge on any atom is -0.395 e. The number of para-hydroxylation sites is 1. The molecule has 3 amide bonds. The molecule has 0 radical (unpaired) electrons. The highest BCUT2D eigenvalue weighted by atomic mass is 35.5. The van der Waals surface area contributed by atoms with Crippen molar-refractivity contribution in [2.75, 3.05) is 23.0 Å². The van der Waals surface area contributed by atoms with Gasteiger partial charge in [0.2, 0.25) is 12.3 Å². The van der Waals surface area contributed by atoms with Crippen molar-refractivity contribution in [3.63, 3.8) is 0 Å². The van der Waals surface area contributed by atoms with Gasteiger partial charge in [-0.3, -0.25) is 19.3 Å². The SMILES string of the molecule is C[C@H](/C=C/CC(=O)N(CCO)Cc1ccccc1)[C@@]1(O)C(=O)N(Cc2ccc(N(C=O)c3ccccc3)cc2)c2ccc(Cl)cc21. The van der Waals surface area contributed by atoms with E-state index in [0.29, 0.717) is 28.5 Å². The summed E-state index contributed by atoms with van der Waals surface area (Å²) in [6.07, 6.45) is 4.13. The predicted octanol–water partition coefficient (Wildman–Crippen LogP) is 5.97. The molecule has 9 heteroatoms. The Morgan fingerprint density at radius 3 is 2.24 bits per heavy atom. The summed E-state index contributed by atoms with van der Waals surface area (Å²) in [7, 11) is 0. The molecule has 0 saturated carbocycles. The van der Waals surface area contributed by atoms with Crippen LogP contribution in [-0.4, -0.2) is 46.5 Å². The molecule has 0 saturated heterocycles. The van der Waals surface area contributed by atoms with Crippen molar-refractivity contribution in [2.24, 2.45) is 5.92 Å². The van der Waals surface area contributed by atoms with E-state index < -0.39 is 17.4 Å². The monoisotopic (exact) mass is 637 g/mol. The Kier molecular flexibility index (Phi) is 10.3. The molecular weight excluding hydrogens is 602 g/mol. The highest BCUT2D eigenvalue weighted by Crippen LogP contribution is 2.46. The van der Waals surface area contributed by atoms with Gasteiger partial charge in [0.15, 0.2) is 5.60 Å². The van der Waals surface area contributed by atoms with Crippen molar-refractivity contribution >= 4 is 46.9 Å². The molecule has 4 aromatic carbocycles. The van der Waals surface area contributed by atoms with Crippen LogP contribution in [0, 0.1) is 5.92 Å². The highest BCUT2D eigenvalue weighted by Gasteiger charge is 2.52. The lowest BCUT2D eigenvalue weighted by atomic mass is 9.83. The van der Waals surface area contributed by atoms with Crippen LogP contribution in [0.5, 0.6) is 0 Å². The Labute approximate surface area is 273 Å². The maximum Gasteiger partial charge on any atom is 0.264 e. The normalized spacial score (nSPS) is 16.3. The Morgan fingerprint density at radius 1 is 0.935 bits per heavy atom. The summed E-state index contributed by atoms with van der Waals surface area (Å²) in [6, 6.07) is 31.1. The largest absolute Gasteiger partial charge is 0.395 e. The number of carbonyl (C=O) groups excluding carboxylic acids is 3. The van der Waals surface area contributed by atoms with Crippen LogP contribution < -0.4 is 9.80 Å². The number of hydrogen-bond donors (Lipinski definition) is 2. The van der Waals surface area contributed by atoms with Gasteiger partial charge in [0.25, 0.3) is 5.91 Å². The molecule has 0 fully saturated rings. The lowest BCUT2D eigenvalue weighted by Gasteiger charge is -2.28. The van der Waals surface area contributed by atoms with Gasteiger partial charge in [0, 0.05) is 47.4 Å². The van der Waals surface area contributed by atoms with Crippen LogP contribution >= 0.6 is 11.6 Å². The van der Waals surface area contributed by atoms with Crippen molar-refractivity contribution in [3.05, 3.63) is 137 Å². The molecule has 46 heavy (non-hydrogen) atoms. The molecule has 0 aromatic heterocycles. The van der Waals surface area contributed by atoms with Crippen LogP contribution in [0.2, 0.25) is 5.02 Å². The second kappa shape index (κ2) is 14.6. The molecule has 4 aromatic rings. The molecule has 236 valence electrons. The molecule has 1 heterocycles. The van der Waals surface area contributed by atoms with E-state index in [9.17, 15) is 24.6 Å². The zero-order valence-electron chi connectivity index (χ0n) is 25.5. The van der Waals surface area contributed by atoms with Gasteiger partial charge < -0.3 is 20.0 Å². The lowest BCUT2D eigenvalue weighted by molar-refractivity contribution is -0.139. The van der Waals surface area contributed by atoms with Crippen molar-refractivity contribution in [2.45, 2.75) is 32.0 Å². The Morgan fingerprint density at radius 2 is 1.59 bits per heavy atom. The van der Waals surface area contributed by atoms with Crippen molar-refractivity contribution in [1.82, 2.24) is 4.90 Å². The smallest absolute Gasteiger partial charge is 0.264 e. The van der Waals surface area contributed by atoms with Crippen LogP contribution in [0.15, 0.2) is 115 Å². The van der Waals surface area contributed by atoms with Gasteiger partial charge in [-0.25, -0.2) is 0 Å². The topological polar surface area (TPSA) is 101 Å². The van der Waals surface area contributed by atoms with Crippen LogP contribution in [0.4, 0.5) is 17.1 Å². The van der Waals surface area contributed by atoms with Crippen molar-refractivity contribution in [1.29, 1.82) is 0 Å². The quantitative estimate of drug-likeness (QED) is 0.139. The second-order valence-corrected chi connectivity index (χ2v) is 11.7. The van der Waals surface area contributed by atoms with Gasteiger partial charge in [0.1, 0.15) is 0 Å². The molecule has 5 rings (SSSR count). The summed E-state index contributed by atoms with van der Waals surface area (Å²) in [5.74, 6) is -1.37. The maximum absolute atomic E-state index is 14.0. The Bertz CT molecular complexity index is 1700. The molecule has 2 atom stereocenters. The third-order valence-electron chi connectivity index (χ3n) is 8.24. The molecule has 8 nitrogen and oxygen atoms in total. The standard InChI is InChI=1S/C37H36ClN3O5/c1-27(9-8-14-35(44)39(21-22-42)24-28-10-4-2-5-11-28)37(46)33-23-30(38)17-20-34(33)40(36(37)45)25-29-15-18-32(19-16-29)41(26-43)31-12-6-3-7-13-31/h2-13,15-20,23,26-27,42,46H,14,21-22,24-25H2,1H3/b9-8+/t27-,37+/m1/s1. The van der Waals surface area contributed by atoms with Gasteiger partial charge in [0.05, 0.1) is 18.8 Å². The van der Waals surface area contributed by atoms with Crippen molar-refractivity contribution < 1.29 is 24.6 Å². The average Bonchev–Trinajstić information content (AvgIpc) is 3.28. The third-order valence-corrected chi connectivity index (χ3v) is 8.48. The number of carbonyl (C=O) groups is 3. The number of rotatable bonds is 13. The molecule has 0 spiro atoms.